The molecule has 20 heavy (non-hydrogen) atoms. The van der Waals surface area contributed by atoms with E-state index in [1.165, 1.54) is 12.4 Å². The van der Waals surface area contributed by atoms with Gasteiger partial charge in [-0.25, -0.2) is 0 Å². The van der Waals surface area contributed by atoms with Crippen molar-refractivity contribution in [2.24, 2.45) is 0 Å². The Kier molecular flexibility index (Phi) is 4.58. The summed E-state index contributed by atoms with van der Waals surface area (Å²) in [5, 5.41) is 3.11. The zero-order valence-corrected chi connectivity index (χ0v) is 12.0. The van der Waals surface area contributed by atoms with Crippen molar-refractivity contribution in [3.05, 3.63) is 53.3 Å². The van der Waals surface area contributed by atoms with E-state index < -0.39 is 0 Å². The molecule has 1 heterocycles. The van der Waals surface area contributed by atoms with E-state index in [4.69, 9.17) is 16.3 Å². The van der Waals surface area contributed by atoms with Gasteiger partial charge in [0, 0.05) is 12.4 Å². The summed E-state index contributed by atoms with van der Waals surface area (Å²) in [4.78, 5) is 16.0. The van der Waals surface area contributed by atoms with Crippen molar-refractivity contribution in [2.45, 2.75) is 20.0 Å². The third kappa shape index (κ3) is 3.48. The van der Waals surface area contributed by atoms with Gasteiger partial charge in [-0.1, -0.05) is 23.7 Å². The number of nitrogens with one attached hydrogen (secondary N) is 1. The van der Waals surface area contributed by atoms with E-state index in [9.17, 15) is 4.79 Å². The van der Waals surface area contributed by atoms with Crippen LogP contribution in [0.2, 0.25) is 5.02 Å². The average molecular weight is 291 g/mol. The quantitative estimate of drug-likeness (QED) is 0.932. The molecule has 4 nitrogen and oxygen atoms in total. The zero-order chi connectivity index (χ0) is 14.5. The lowest BCUT2D eigenvalue weighted by Gasteiger charge is -2.15. The molecule has 1 aromatic carbocycles. The fourth-order valence-electron chi connectivity index (χ4n) is 1.68. The molecular weight excluding hydrogens is 276 g/mol. The number of nitrogens with zero attached hydrogens (tertiary/aromatic N) is 1. The third-order valence-corrected chi connectivity index (χ3v) is 2.82. The van der Waals surface area contributed by atoms with Crippen molar-refractivity contribution in [1.82, 2.24) is 4.98 Å². The Morgan fingerprint density at radius 1 is 1.30 bits per heavy atom. The number of benzene rings is 1. The van der Waals surface area contributed by atoms with Gasteiger partial charge in [-0.05, 0) is 32.0 Å². The first-order chi connectivity index (χ1) is 9.58. The maximum atomic E-state index is 12.2. The Morgan fingerprint density at radius 3 is 2.75 bits per heavy atom. The van der Waals surface area contributed by atoms with Crippen LogP contribution in [-0.4, -0.2) is 17.0 Å². The predicted octanol–water partition coefficient (Wildman–Crippen LogP) is 3.77. The van der Waals surface area contributed by atoms with Crippen molar-refractivity contribution in [1.29, 1.82) is 0 Å². The van der Waals surface area contributed by atoms with Gasteiger partial charge in [0.25, 0.3) is 5.91 Å². The lowest BCUT2D eigenvalue weighted by Crippen LogP contribution is -2.15. The molecule has 1 aromatic heterocycles. The Hall–Kier alpha value is -2.07. The van der Waals surface area contributed by atoms with Crippen LogP contribution in [0.15, 0.2) is 42.7 Å². The second-order valence-electron chi connectivity index (χ2n) is 4.47. The fourth-order valence-corrected chi connectivity index (χ4v) is 1.88. The molecule has 0 atom stereocenters. The molecule has 1 N–H and O–H groups in total. The molecule has 0 aliphatic rings. The number of ether oxygens (including phenoxy) is 1. The zero-order valence-electron chi connectivity index (χ0n) is 11.3. The molecule has 104 valence electrons. The van der Waals surface area contributed by atoms with Crippen LogP contribution in [0.25, 0.3) is 0 Å². The molecule has 5 heteroatoms. The normalized spacial score (nSPS) is 10.4. The number of para-hydroxylation sites is 2. The van der Waals surface area contributed by atoms with Crippen molar-refractivity contribution < 1.29 is 9.53 Å². The summed E-state index contributed by atoms with van der Waals surface area (Å²) in [5.74, 6) is 0.332. The number of amides is 1. The molecule has 0 saturated heterocycles. The van der Waals surface area contributed by atoms with Crippen LogP contribution in [0.1, 0.15) is 24.2 Å². The van der Waals surface area contributed by atoms with Crippen molar-refractivity contribution in [3.8, 4) is 5.75 Å². The fraction of sp³-hybridized carbons (Fsp3) is 0.200. The van der Waals surface area contributed by atoms with Crippen LogP contribution in [0.4, 0.5) is 5.69 Å². The standard InChI is InChI=1S/C15H15ClN2O2/c1-10(2)20-14-6-4-3-5-13(14)18-15(19)11-7-8-17-9-12(11)16/h3-10H,1-2H3,(H,18,19). The number of hydrogen-bond acceptors (Lipinski definition) is 3. The second kappa shape index (κ2) is 6.39. The molecule has 0 radical (unpaired) electrons. The number of rotatable bonds is 4. The molecular formula is C15H15ClN2O2. The minimum atomic E-state index is -0.294. The molecule has 0 aliphatic heterocycles. The number of pyridine rings is 1. The molecule has 0 spiro atoms. The number of carbonyl (C=O) groups is 1. The first kappa shape index (κ1) is 14.3. The van der Waals surface area contributed by atoms with Gasteiger partial charge in [0.1, 0.15) is 5.75 Å². The molecule has 0 fully saturated rings. The lowest BCUT2D eigenvalue weighted by molar-refractivity contribution is 0.102. The first-order valence-corrected chi connectivity index (χ1v) is 6.62. The van der Waals surface area contributed by atoms with Gasteiger partial charge < -0.3 is 10.1 Å². The van der Waals surface area contributed by atoms with Crippen LogP contribution >= 0.6 is 11.6 Å². The van der Waals surface area contributed by atoms with E-state index in [0.717, 1.165) is 0 Å². The minimum absolute atomic E-state index is 0.0255. The number of aromatic nitrogens is 1. The molecule has 0 aliphatic carbocycles. The topological polar surface area (TPSA) is 51.2 Å². The van der Waals surface area contributed by atoms with Gasteiger partial charge in [0.2, 0.25) is 0 Å². The van der Waals surface area contributed by atoms with E-state index in [1.54, 1.807) is 12.1 Å². The van der Waals surface area contributed by atoms with Crippen molar-refractivity contribution in [3.63, 3.8) is 0 Å². The summed E-state index contributed by atoms with van der Waals surface area (Å²) >= 11 is 5.95. The van der Waals surface area contributed by atoms with E-state index in [0.29, 0.717) is 22.0 Å². The monoisotopic (exact) mass is 290 g/mol. The summed E-state index contributed by atoms with van der Waals surface area (Å²) in [6.07, 6.45) is 2.99. The van der Waals surface area contributed by atoms with E-state index in [-0.39, 0.29) is 12.0 Å². The minimum Gasteiger partial charge on any atom is -0.489 e. The highest BCUT2D eigenvalue weighted by molar-refractivity contribution is 6.34. The highest BCUT2D eigenvalue weighted by atomic mass is 35.5. The van der Waals surface area contributed by atoms with Gasteiger partial charge >= 0.3 is 0 Å². The molecule has 2 rings (SSSR count). The largest absolute Gasteiger partial charge is 0.489 e. The number of halogens is 1. The molecule has 0 saturated carbocycles. The Labute approximate surface area is 122 Å². The van der Waals surface area contributed by atoms with Crippen LogP contribution in [0.5, 0.6) is 5.75 Å². The highest BCUT2D eigenvalue weighted by Gasteiger charge is 2.13. The summed E-state index contributed by atoms with van der Waals surface area (Å²) < 4.78 is 5.65. The van der Waals surface area contributed by atoms with Gasteiger partial charge in [0.15, 0.2) is 0 Å². The van der Waals surface area contributed by atoms with Crippen LogP contribution in [-0.2, 0) is 0 Å². The second-order valence-corrected chi connectivity index (χ2v) is 4.88. The van der Waals surface area contributed by atoms with E-state index in [2.05, 4.69) is 10.3 Å². The maximum Gasteiger partial charge on any atom is 0.257 e. The molecule has 0 unspecified atom stereocenters. The average Bonchev–Trinajstić information content (AvgIpc) is 2.41. The smallest absolute Gasteiger partial charge is 0.257 e. The maximum absolute atomic E-state index is 12.2. The third-order valence-electron chi connectivity index (χ3n) is 2.52. The molecule has 0 bridgehead atoms. The summed E-state index contributed by atoms with van der Waals surface area (Å²) in [5.41, 5.74) is 0.986. The lowest BCUT2D eigenvalue weighted by atomic mass is 10.2. The summed E-state index contributed by atoms with van der Waals surface area (Å²) in [6, 6.07) is 8.85. The van der Waals surface area contributed by atoms with Crippen molar-refractivity contribution in [2.75, 3.05) is 5.32 Å². The molecule has 1 amide bonds. The highest BCUT2D eigenvalue weighted by Crippen LogP contribution is 2.26. The summed E-state index contributed by atoms with van der Waals surface area (Å²) in [6.45, 7) is 3.86. The number of anilines is 1. The van der Waals surface area contributed by atoms with Crippen LogP contribution in [0.3, 0.4) is 0 Å². The van der Waals surface area contributed by atoms with E-state index in [1.807, 2.05) is 32.0 Å². The molecule has 2 aromatic rings. The Balaban J connectivity index is 2.22. The van der Waals surface area contributed by atoms with Gasteiger partial charge in [-0.2, -0.15) is 0 Å². The van der Waals surface area contributed by atoms with Gasteiger partial charge in [0.05, 0.1) is 22.4 Å². The van der Waals surface area contributed by atoms with Crippen LogP contribution < -0.4 is 10.1 Å². The predicted molar refractivity (Wildman–Crippen MR) is 79.4 cm³/mol. The number of hydrogen-bond donors (Lipinski definition) is 1. The first-order valence-electron chi connectivity index (χ1n) is 6.24. The SMILES string of the molecule is CC(C)Oc1ccccc1NC(=O)c1ccncc1Cl. The number of carbonyl (C=O) groups excluding carboxylic acids is 1. The Morgan fingerprint density at radius 2 is 2.05 bits per heavy atom. The van der Waals surface area contributed by atoms with E-state index >= 15 is 0 Å². The Bertz CT molecular complexity index is 614. The van der Waals surface area contributed by atoms with Crippen LogP contribution in [0, 0.1) is 0 Å². The van der Waals surface area contributed by atoms with Crippen molar-refractivity contribution >= 4 is 23.2 Å². The van der Waals surface area contributed by atoms with Gasteiger partial charge in [-0.15, -0.1) is 0 Å². The summed E-state index contributed by atoms with van der Waals surface area (Å²) in [7, 11) is 0. The van der Waals surface area contributed by atoms with Gasteiger partial charge in [-0.3, -0.25) is 9.78 Å².